The van der Waals surface area contributed by atoms with Gasteiger partial charge in [0.25, 0.3) is 0 Å². The van der Waals surface area contributed by atoms with E-state index in [0.717, 1.165) is 5.56 Å². The van der Waals surface area contributed by atoms with E-state index >= 15 is 0 Å². The second-order valence-electron chi connectivity index (χ2n) is 5.83. The fourth-order valence-electron chi connectivity index (χ4n) is 2.12. The molecule has 0 spiro atoms. The number of amides is 1. The molecule has 0 saturated heterocycles. The quantitative estimate of drug-likeness (QED) is 0.928. The van der Waals surface area contributed by atoms with Gasteiger partial charge in [-0.1, -0.05) is 42.5 Å². The molecule has 20 heavy (non-hydrogen) atoms. The number of benzene rings is 2. The lowest BCUT2D eigenvalue weighted by Gasteiger charge is -2.34. The minimum atomic E-state index is -0.312. The molecule has 2 aromatic carbocycles. The third kappa shape index (κ3) is 2.99. The zero-order valence-corrected chi connectivity index (χ0v) is 12.4. The number of hydrogen-bond donors (Lipinski definition) is 1. The maximum absolute atomic E-state index is 12.3. The average Bonchev–Trinajstić information content (AvgIpc) is 2.46. The molecule has 2 N–H and O–H groups in total. The van der Waals surface area contributed by atoms with Crippen LogP contribution in [0.4, 0.5) is 0 Å². The summed E-state index contributed by atoms with van der Waals surface area (Å²) in [5, 5.41) is 2.36. The van der Waals surface area contributed by atoms with Crippen LogP contribution in [0.2, 0.25) is 0 Å². The van der Waals surface area contributed by atoms with Crippen molar-refractivity contribution >= 4 is 16.7 Å². The molecule has 0 aliphatic carbocycles. The van der Waals surface area contributed by atoms with Gasteiger partial charge in [-0.15, -0.1) is 0 Å². The first kappa shape index (κ1) is 14.5. The first-order valence-electron chi connectivity index (χ1n) is 6.88. The Bertz CT molecular complexity index is 619. The Hall–Kier alpha value is -1.87. The van der Waals surface area contributed by atoms with E-state index in [4.69, 9.17) is 5.73 Å². The maximum Gasteiger partial charge on any atom is 0.227 e. The largest absolute Gasteiger partial charge is 0.339 e. The second kappa shape index (κ2) is 5.63. The molecule has 0 atom stereocenters. The van der Waals surface area contributed by atoms with E-state index in [-0.39, 0.29) is 11.4 Å². The highest BCUT2D eigenvalue weighted by atomic mass is 16.2. The highest BCUT2D eigenvalue weighted by Crippen LogP contribution is 2.18. The molecule has 1 amide bonds. The Kier molecular flexibility index (Phi) is 4.09. The summed E-state index contributed by atoms with van der Waals surface area (Å²) >= 11 is 0. The third-order valence-corrected chi connectivity index (χ3v) is 3.95. The van der Waals surface area contributed by atoms with Crippen molar-refractivity contribution in [3.05, 3.63) is 48.0 Å². The van der Waals surface area contributed by atoms with E-state index in [1.165, 1.54) is 10.8 Å². The fraction of sp³-hybridized carbons (Fsp3) is 0.353. The maximum atomic E-state index is 12.3. The van der Waals surface area contributed by atoms with E-state index < -0.39 is 0 Å². The number of likely N-dealkylation sites (N-methyl/N-ethyl adjacent to an activating group) is 1. The first-order valence-corrected chi connectivity index (χ1v) is 6.88. The van der Waals surface area contributed by atoms with E-state index in [1.807, 2.05) is 39.1 Å². The number of rotatable bonds is 4. The van der Waals surface area contributed by atoms with Crippen molar-refractivity contribution < 1.29 is 4.79 Å². The van der Waals surface area contributed by atoms with Crippen molar-refractivity contribution in [3.8, 4) is 0 Å². The van der Waals surface area contributed by atoms with Crippen LogP contribution in [0.5, 0.6) is 0 Å². The molecule has 0 aromatic heterocycles. The van der Waals surface area contributed by atoms with Gasteiger partial charge in [0.2, 0.25) is 5.91 Å². The van der Waals surface area contributed by atoms with Crippen LogP contribution in [0.1, 0.15) is 19.4 Å². The molecule has 0 aliphatic heterocycles. The standard InChI is InChI=1S/C17H22N2O/c1-17(2,12-18)19(3)16(20)11-13-8-9-14-6-4-5-7-15(14)10-13/h4-10H,11-12,18H2,1-3H3. The van der Waals surface area contributed by atoms with Gasteiger partial charge in [0, 0.05) is 19.1 Å². The minimum absolute atomic E-state index is 0.0933. The smallest absolute Gasteiger partial charge is 0.227 e. The molecule has 3 heteroatoms. The molecule has 0 heterocycles. The normalized spacial score (nSPS) is 11.6. The van der Waals surface area contributed by atoms with Gasteiger partial charge in [-0.05, 0) is 30.2 Å². The predicted octanol–water partition coefficient (Wildman–Crippen LogP) is 2.58. The van der Waals surface area contributed by atoms with Gasteiger partial charge in [0.15, 0.2) is 0 Å². The highest BCUT2D eigenvalue weighted by Gasteiger charge is 2.25. The summed E-state index contributed by atoms with van der Waals surface area (Å²) in [5.74, 6) is 0.0933. The molecule has 0 saturated carbocycles. The molecule has 0 aliphatic rings. The van der Waals surface area contributed by atoms with Gasteiger partial charge in [-0.3, -0.25) is 4.79 Å². The SMILES string of the molecule is CN(C(=O)Cc1ccc2ccccc2c1)C(C)(C)CN. The number of nitrogens with zero attached hydrogens (tertiary/aromatic N) is 1. The Morgan fingerprint density at radius 1 is 1.15 bits per heavy atom. The van der Waals surface area contributed by atoms with Gasteiger partial charge in [-0.2, -0.15) is 0 Å². The summed E-state index contributed by atoms with van der Waals surface area (Å²) in [4.78, 5) is 14.1. The highest BCUT2D eigenvalue weighted by molar-refractivity contribution is 5.85. The zero-order valence-electron chi connectivity index (χ0n) is 12.4. The first-order chi connectivity index (χ1) is 9.44. The zero-order chi connectivity index (χ0) is 14.8. The van der Waals surface area contributed by atoms with Crippen LogP contribution >= 0.6 is 0 Å². The Morgan fingerprint density at radius 3 is 2.45 bits per heavy atom. The Labute approximate surface area is 120 Å². The summed E-state index contributed by atoms with van der Waals surface area (Å²) in [5.41, 5.74) is 6.44. The average molecular weight is 270 g/mol. The van der Waals surface area contributed by atoms with E-state index in [2.05, 4.69) is 24.3 Å². The van der Waals surface area contributed by atoms with Crippen LogP contribution in [-0.2, 0) is 11.2 Å². The van der Waals surface area contributed by atoms with Crippen LogP contribution < -0.4 is 5.73 Å². The summed E-state index contributed by atoms with van der Waals surface area (Å²) in [6.07, 6.45) is 0.408. The van der Waals surface area contributed by atoms with Gasteiger partial charge < -0.3 is 10.6 Å². The van der Waals surface area contributed by atoms with Crippen molar-refractivity contribution in [2.75, 3.05) is 13.6 Å². The van der Waals surface area contributed by atoms with Crippen molar-refractivity contribution in [2.45, 2.75) is 25.8 Å². The number of nitrogens with two attached hydrogens (primary N) is 1. The van der Waals surface area contributed by atoms with Gasteiger partial charge in [0.05, 0.1) is 6.42 Å². The van der Waals surface area contributed by atoms with Crippen LogP contribution in [0.25, 0.3) is 10.8 Å². The minimum Gasteiger partial charge on any atom is -0.339 e. The lowest BCUT2D eigenvalue weighted by atomic mass is 10.0. The van der Waals surface area contributed by atoms with Crippen molar-refractivity contribution in [3.63, 3.8) is 0 Å². The monoisotopic (exact) mass is 270 g/mol. The van der Waals surface area contributed by atoms with Crippen molar-refractivity contribution in [2.24, 2.45) is 5.73 Å². The van der Waals surface area contributed by atoms with Gasteiger partial charge in [0.1, 0.15) is 0 Å². The number of hydrogen-bond acceptors (Lipinski definition) is 2. The summed E-state index contributed by atoms with van der Waals surface area (Å²) in [7, 11) is 1.82. The third-order valence-electron chi connectivity index (χ3n) is 3.95. The van der Waals surface area contributed by atoms with Crippen LogP contribution in [-0.4, -0.2) is 29.9 Å². The van der Waals surface area contributed by atoms with E-state index in [0.29, 0.717) is 13.0 Å². The molecule has 0 unspecified atom stereocenters. The van der Waals surface area contributed by atoms with Crippen LogP contribution in [0.15, 0.2) is 42.5 Å². The van der Waals surface area contributed by atoms with Crippen LogP contribution in [0, 0.1) is 0 Å². The Morgan fingerprint density at radius 2 is 1.80 bits per heavy atom. The van der Waals surface area contributed by atoms with Crippen molar-refractivity contribution in [1.82, 2.24) is 4.90 Å². The number of fused-ring (bicyclic) bond motifs is 1. The molecule has 106 valence electrons. The molecule has 2 rings (SSSR count). The van der Waals surface area contributed by atoms with E-state index in [9.17, 15) is 4.79 Å². The molecule has 0 radical (unpaired) electrons. The summed E-state index contributed by atoms with van der Waals surface area (Å²) in [6.45, 7) is 4.41. The van der Waals surface area contributed by atoms with Crippen molar-refractivity contribution in [1.29, 1.82) is 0 Å². The van der Waals surface area contributed by atoms with Gasteiger partial charge in [-0.25, -0.2) is 0 Å². The molecule has 0 fully saturated rings. The second-order valence-corrected chi connectivity index (χ2v) is 5.83. The molecule has 3 nitrogen and oxygen atoms in total. The molecular weight excluding hydrogens is 248 g/mol. The topological polar surface area (TPSA) is 46.3 Å². The number of carbonyl (C=O) groups is 1. The molecule has 0 bridgehead atoms. The lowest BCUT2D eigenvalue weighted by molar-refractivity contribution is -0.133. The van der Waals surface area contributed by atoms with E-state index in [1.54, 1.807) is 4.90 Å². The lowest BCUT2D eigenvalue weighted by Crippen LogP contribution is -2.50. The molecule has 2 aromatic rings. The Balaban J connectivity index is 2.17. The fourth-order valence-corrected chi connectivity index (χ4v) is 2.12. The number of carbonyl (C=O) groups excluding carboxylic acids is 1. The van der Waals surface area contributed by atoms with Crippen LogP contribution in [0.3, 0.4) is 0 Å². The summed E-state index contributed by atoms with van der Waals surface area (Å²) in [6, 6.07) is 14.3. The predicted molar refractivity (Wildman–Crippen MR) is 83.6 cm³/mol. The van der Waals surface area contributed by atoms with Gasteiger partial charge >= 0.3 is 0 Å². The summed E-state index contributed by atoms with van der Waals surface area (Å²) < 4.78 is 0. The molecular formula is C17H22N2O.